The predicted molar refractivity (Wildman–Crippen MR) is 73.7 cm³/mol. The van der Waals surface area contributed by atoms with Gasteiger partial charge in [0.05, 0.1) is 5.75 Å². The first kappa shape index (κ1) is 12.1. The molecule has 0 aliphatic rings. The van der Waals surface area contributed by atoms with Crippen molar-refractivity contribution >= 4 is 39.0 Å². The Kier molecular flexibility index (Phi) is 4.40. The molecule has 0 aliphatic carbocycles. The molecule has 1 aromatic heterocycles. The van der Waals surface area contributed by atoms with Crippen LogP contribution in [0.15, 0.2) is 39.8 Å². The summed E-state index contributed by atoms with van der Waals surface area (Å²) in [4.78, 5) is 6.72. The van der Waals surface area contributed by atoms with Crippen molar-refractivity contribution in [1.29, 1.82) is 0 Å². The number of aromatic nitrogens is 1. The SMILES string of the molecule is NCc1cnc(CSc2cccc(Br)c2)s1. The summed E-state index contributed by atoms with van der Waals surface area (Å²) in [6.45, 7) is 0.583. The largest absolute Gasteiger partial charge is 0.326 e. The molecular formula is C11H11BrN2S2. The lowest BCUT2D eigenvalue weighted by atomic mass is 10.4. The second-order valence-corrected chi connectivity index (χ2v) is 6.33. The zero-order chi connectivity index (χ0) is 11.4. The van der Waals surface area contributed by atoms with Crippen LogP contribution >= 0.6 is 39.0 Å². The molecule has 2 N–H and O–H groups in total. The summed E-state index contributed by atoms with van der Waals surface area (Å²) in [7, 11) is 0. The van der Waals surface area contributed by atoms with Crippen LogP contribution in [-0.4, -0.2) is 4.98 Å². The summed E-state index contributed by atoms with van der Waals surface area (Å²) in [6.07, 6.45) is 1.86. The van der Waals surface area contributed by atoms with Crippen molar-refractivity contribution < 1.29 is 0 Å². The molecule has 2 nitrogen and oxygen atoms in total. The van der Waals surface area contributed by atoms with Crippen LogP contribution in [-0.2, 0) is 12.3 Å². The van der Waals surface area contributed by atoms with Gasteiger partial charge in [0.25, 0.3) is 0 Å². The normalized spacial score (nSPS) is 10.6. The van der Waals surface area contributed by atoms with Gasteiger partial charge in [-0.15, -0.1) is 23.1 Å². The number of nitrogens with two attached hydrogens (primary N) is 1. The number of hydrogen-bond donors (Lipinski definition) is 1. The lowest BCUT2D eigenvalue weighted by Gasteiger charge is -1.99. The molecule has 16 heavy (non-hydrogen) atoms. The highest BCUT2D eigenvalue weighted by Gasteiger charge is 2.02. The van der Waals surface area contributed by atoms with Gasteiger partial charge in [0.15, 0.2) is 0 Å². The average Bonchev–Trinajstić information content (AvgIpc) is 2.74. The molecular weight excluding hydrogens is 304 g/mol. The smallest absolute Gasteiger partial charge is 0.103 e. The topological polar surface area (TPSA) is 38.9 Å². The van der Waals surface area contributed by atoms with E-state index in [-0.39, 0.29) is 0 Å². The van der Waals surface area contributed by atoms with Crippen molar-refractivity contribution in [2.45, 2.75) is 17.2 Å². The molecule has 0 bridgehead atoms. The molecule has 0 aliphatic heterocycles. The highest BCUT2D eigenvalue weighted by molar-refractivity contribution is 9.10. The summed E-state index contributed by atoms with van der Waals surface area (Å²) < 4.78 is 1.11. The number of thioether (sulfide) groups is 1. The Labute approximate surface area is 111 Å². The van der Waals surface area contributed by atoms with Crippen LogP contribution in [0.3, 0.4) is 0 Å². The monoisotopic (exact) mass is 314 g/mol. The minimum absolute atomic E-state index is 0.583. The Hall–Kier alpha value is -0.360. The fourth-order valence-electron chi connectivity index (χ4n) is 1.21. The summed E-state index contributed by atoms with van der Waals surface area (Å²) in [5, 5.41) is 1.13. The van der Waals surface area contributed by atoms with Crippen LogP contribution in [0, 0.1) is 0 Å². The van der Waals surface area contributed by atoms with Crippen LogP contribution in [0.2, 0.25) is 0 Å². The van der Waals surface area contributed by atoms with Gasteiger partial charge < -0.3 is 5.73 Å². The number of benzene rings is 1. The highest BCUT2D eigenvalue weighted by atomic mass is 79.9. The molecule has 0 atom stereocenters. The molecule has 0 spiro atoms. The van der Waals surface area contributed by atoms with Crippen molar-refractivity contribution in [2.24, 2.45) is 5.73 Å². The van der Waals surface area contributed by atoms with E-state index >= 15 is 0 Å². The van der Waals surface area contributed by atoms with E-state index in [1.165, 1.54) is 4.90 Å². The fourth-order valence-corrected chi connectivity index (χ4v) is 3.52. The number of halogens is 1. The molecule has 1 heterocycles. The van der Waals surface area contributed by atoms with Crippen LogP contribution in [0.4, 0.5) is 0 Å². The maximum atomic E-state index is 5.55. The van der Waals surface area contributed by atoms with E-state index in [2.05, 4.69) is 33.0 Å². The van der Waals surface area contributed by atoms with Gasteiger partial charge in [-0.3, -0.25) is 0 Å². The second kappa shape index (κ2) is 5.82. The number of rotatable bonds is 4. The quantitative estimate of drug-likeness (QED) is 0.875. The molecule has 5 heteroatoms. The van der Waals surface area contributed by atoms with E-state index in [9.17, 15) is 0 Å². The summed E-state index contributed by atoms with van der Waals surface area (Å²) in [5.74, 6) is 0.904. The first-order valence-corrected chi connectivity index (χ1v) is 7.39. The highest BCUT2D eigenvalue weighted by Crippen LogP contribution is 2.26. The summed E-state index contributed by atoms with van der Waals surface area (Å²) >= 11 is 6.94. The van der Waals surface area contributed by atoms with E-state index in [1.807, 2.05) is 18.3 Å². The predicted octanol–water partition coefficient (Wildman–Crippen LogP) is 3.66. The van der Waals surface area contributed by atoms with Crippen molar-refractivity contribution in [1.82, 2.24) is 4.98 Å². The van der Waals surface area contributed by atoms with E-state index < -0.39 is 0 Å². The lowest BCUT2D eigenvalue weighted by molar-refractivity contribution is 1.09. The minimum atomic E-state index is 0.583. The molecule has 84 valence electrons. The van der Waals surface area contributed by atoms with Gasteiger partial charge in [0.2, 0.25) is 0 Å². The molecule has 0 amide bonds. The van der Waals surface area contributed by atoms with Gasteiger partial charge in [-0.05, 0) is 18.2 Å². The van der Waals surface area contributed by atoms with Gasteiger partial charge in [-0.1, -0.05) is 22.0 Å². The second-order valence-electron chi connectivity index (χ2n) is 3.17. The van der Waals surface area contributed by atoms with Gasteiger partial charge in [0.1, 0.15) is 5.01 Å². The van der Waals surface area contributed by atoms with Gasteiger partial charge in [-0.2, -0.15) is 0 Å². The maximum Gasteiger partial charge on any atom is 0.103 e. The molecule has 0 fully saturated rings. The fraction of sp³-hybridized carbons (Fsp3) is 0.182. The van der Waals surface area contributed by atoms with E-state index in [0.29, 0.717) is 6.54 Å². The van der Waals surface area contributed by atoms with Crippen LogP contribution in [0.1, 0.15) is 9.88 Å². The van der Waals surface area contributed by atoms with E-state index in [0.717, 1.165) is 20.1 Å². The third kappa shape index (κ3) is 3.31. The molecule has 0 saturated carbocycles. The van der Waals surface area contributed by atoms with Gasteiger partial charge in [-0.25, -0.2) is 4.98 Å². The number of hydrogen-bond acceptors (Lipinski definition) is 4. The maximum absolute atomic E-state index is 5.55. The third-order valence-corrected chi connectivity index (χ3v) is 4.66. The average molecular weight is 315 g/mol. The van der Waals surface area contributed by atoms with Crippen LogP contribution in [0.25, 0.3) is 0 Å². The Bertz CT molecular complexity index is 471. The van der Waals surface area contributed by atoms with Crippen molar-refractivity contribution in [3.05, 3.63) is 44.8 Å². The number of nitrogens with zero attached hydrogens (tertiary/aromatic N) is 1. The van der Waals surface area contributed by atoms with E-state index in [1.54, 1.807) is 23.1 Å². The first-order chi connectivity index (χ1) is 7.78. The standard InChI is InChI=1S/C11H11BrN2S2/c12-8-2-1-3-9(4-8)15-7-11-14-6-10(5-13)16-11/h1-4,6H,5,7,13H2. The van der Waals surface area contributed by atoms with Crippen molar-refractivity contribution in [2.75, 3.05) is 0 Å². The van der Waals surface area contributed by atoms with E-state index in [4.69, 9.17) is 5.73 Å². The van der Waals surface area contributed by atoms with Gasteiger partial charge in [0, 0.05) is 27.0 Å². The third-order valence-electron chi connectivity index (χ3n) is 1.96. The molecule has 1 aromatic carbocycles. The Morgan fingerprint density at radius 1 is 1.44 bits per heavy atom. The molecule has 0 saturated heterocycles. The molecule has 2 rings (SSSR count). The minimum Gasteiger partial charge on any atom is -0.326 e. The van der Waals surface area contributed by atoms with Crippen LogP contribution < -0.4 is 5.73 Å². The molecule has 0 radical (unpaired) electrons. The summed E-state index contributed by atoms with van der Waals surface area (Å²) in [6, 6.07) is 8.29. The lowest BCUT2D eigenvalue weighted by Crippen LogP contribution is -1.91. The molecule has 2 aromatic rings. The Balaban J connectivity index is 1.96. The zero-order valence-electron chi connectivity index (χ0n) is 8.52. The van der Waals surface area contributed by atoms with Crippen molar-refractivity contribution in [3.8, 4) is 0 Å². The van der Waals surface area contributed by atoms with Crippen LogP contribution in [0.5, 0.6) is 0 Å². The summed E-state index contributed by atoms with van der Waals surface area (Å²) in [5.41, 5.74) is 5.55. The zero-order valence-corrected chi connectivity index (χ0v) is 11.7. The Morgan fingerprint density at radius 3 is 3.00 bits per heavy atom. The first-order valence-electron chi connectivity index (χ1n) is 4.80. The number of thiazole rings is 1. The Morgan fingerprint density at radius 2 is 2.31 bits per heavy atom. The van der Waals surface area contributed by atoms with Gasteiger partial charge >= 0.3 is 0 Å². The van der Waals surface area contributed by atoms with Crippen molar-refractivity contribution in [3.63, 3.8) is 0 Å². The molecule has 0 unspecified atom stereocenters.